The Morgan fingerprint density at radius 1 is 0.868 bits per heavy atom. The minimum atomic E-state index is -0.629. The van der Waals surface area contributed by atoms with Crippen LogP contribution >= 0.6 is 43.2 Å². The first-order chi connectivity index (χ1) is 18.4. The van der Waals surface area contributed by atoms with E-state index in [-0.39, 0.29) is 11.4 Å². The van der Waals surface area contributed by atoms with Crippen molar-refractivity contribution in [2.24, 2.45) is 5.10 Å². The second-order valence-corrected chi connectivity index (χ2v) is 10.4. The average molecular weight is 653 g/mol. The number of benzene rings is 3. The quantitative estimate of drug-likeness (QED) is 0.0756. The predicted octanol–water partition coefficient (Wildman–Crippen LogP) is 6.41. The molecule has 0 aliphatic rings. The number of carbonyl (C=O) groups is 3. The van der Waals surface area contributed by atoms with Gasteiger partial charge in [0.25, 0.3) is 11.8 Å². The maximum absolute atomic E-state index is 13.0. The molecule has 4 rings (SSSR count). The molecule has 0 radical (unpaired) electrons. The number of nitrogens with one attached hydrogen (secondary N) is 2. The van der Waals surface area contributed by atoms with Crippen LogP contribution in [0.1, 0.15) is 31.2 Å². The maximum atomic E-state index is 13.0. The van der Waals surface area contributed by atoms with E-state index in [1.54, 1.807) is 78.9 Å². The summed E-state index contributed by atoms with van der Waals surface area (Å²) in [6.45, 7) is 0. The number of nitrogens with zero attached hydrogens (tertiary/aromatic N) is 1. The van der Waals surface area contributed by atoms with Gasteiger partial charge < -0.3 is 10.1 Å². The normalized spacial score (nSPS) is 11.3. The van der Waals surface area contributed by atoms with E-state index < -0.39 is 17.8 Å². The molecule has 0 aliphatic carbocycles. The minimum Gasteiger partial charge on any atom is -0.421 e. The van der Waals surface area contributed by atoms with Crippen molar-refractivity contribution in [2.45, 2.75) is 0 Å². The van der Waals surface area contributed by atoms with Gasteiger partial charge in [-0.05, 0) is 69.9 Å². The molecule has 190 valence electrons. The Morgan fingerprint density at radius 3 is 2.21 bits per heavy atom. The van der Waals surface area contributed by atoms with Crippen LogP contribution in [0.4, 0.5) is 0 Å². The average Bonchev–Trinajstić information content (AvgIpc) is 3.44. The van der Waals surface area contributed by atoms with E-state index in [0.29, 0.717) is 25.6 Å². The number of thiophene rings is 1. The van der Waals surface area contributed by atoms with Crippen LogP contribution in [0.5, 0.6) is 5.75 Å². The topological polar surface area (TPSA) is 96.9 Å². The number of rotatable bonds is 8. The van der Waals surface area contributed by atoms with E-state index in [9.17, 15) is 14.4 Å². The fourth-order valence-electron chi connectivity index (χ4n) is 3.19. The SMILES string of the molecule is O=C(N/N=C/c1cc(Br)cc(Br)c1OC(=O)c1ccccc1)/C(=C/c1cccs1)NC(=O)c1ccccc1. The third-order valence-electron chi connectivity index (χ3n) is 4.97. The van der Waals surface area contributed by atoms with Crippen LogP contribution in [0.25, 0.3) is 6.08 Å². The molecule has 10 heteroatoms. The first-order valence-corrected chi connectivity index (χ1v) is 13.6. The molecule has 1 heterocycles. The Balaban J connectivity index is 1.54. The Bertz CT molecular complexity index is 1510. The highest BCUT2D eigenvalue weighted by Gasteiger charge is 2.17. The predicted molar refractivity (Wildman–Crippen MR) is 155 cm³/mol. The summed E-state index contributed by atoms with van der Waals surface area (Å²) >= 11 is 8.24. The smallest absolute Gasteiger partial charge is 0.343 e. The monoisotopic (exact) mass is 651 g/mol. The summed E-state index contributed by atoms with van der Waals surface area (Å²) in [5.41, 5.74) is 3.67. The highest BCUT2D eigenvalue weighted by Crippen LogP contribution is 2.32. The lowest BCUT2D eigenvalue weighted by molar-refractivity contribution is -0.117. The number of amides is 2. The van der Waals surface area contributed by atoms with Gasteiger partial charge in [0.1, 0.15) is 5.70 Å². The molecule has 0 spiro atoms. The number of esters is 1. The molecular weight excluding hydrogens is 634 g/mol. The number of carbonyl (C=O) groups excluding carboxylic acids is 3. The highest BCUT2D eigenvalue weighted by atomic mass is 79.9. The largest absolute Gasteiger partial charge is 0.421 e. The van der Waals surface area contributed by atoms with Crippen molar-refractivity contribution >= 4 is 73.3 Å². The van der Waals surface area contributed by atoms with Crippen molar-refractivity contribution in [1.82, 2.24) is 10.7 Å². The van der Waals surface area contributed by atoms with E-state index in [1.165, 1.54) is 17.6 Å². The molecule has 0 fully saturated rings. The van der Waals surface area contributed by atoms with Gasteiger partial charge in [0.05, 0.1) is 16.3 Å². The fraction of sp³-hybridized carbons (Fsp3) is 0. The summed E-state index contributed by atoms with van der Waals surface area (Å²) in [4.78, 5) is 39.1. The molecule has 3 aromatic carbocycles. The molecule has 2 N–H and O–H groups in total. The third kappa shape index (κ3) is 7.34. The molecule has 0 atom stereocenters. The summed E-state index contributed by atoms with van der Waals surface area (Å²) in [5, 5.41) is 8.56. The van der Waals surface area contributed by atoms with Crippen LogP contribution in [0.15, 0.2) is 110 Å². The zero-order chi connectivity index (χ0) is 26.9. The number of hydrazone groups is 1. The van der Waals surface area contributed by atoms with Gasteiger partial charge in [-0.3, -0.25) is 9.59 Å². The summed E-state index contributed by atoms with van der Waals surface area (Å²) in [6, 6.07) is 24.2. The van der Waals surface area contributed by atoms with Crippen molar-refractivity contribution in [1.29, 1.82) is 0 Å². The van der Waals surface area contributed by atoms with E-state index in [2.05, 4.69) is 47.7 Å². The number of hydrogen-bond donors (Lipinski definition) is 2. The lowest BCUT2D eigenvalue weighted by atomic mass is 10.2. The lowest BCUT2D eigenvalue weighted by Crippen LogP contribution is -2.32. The van der Waals surface area contributed by atoms with Gasteiger partial charge in [-0.25, -0.2) is 10.2 Å². The third-order valence-corrected chi connectivity index (χ3v) is 6.84. The lowest BCUT2D eigenvalue weighted by Gasteiger charge is -2.11. The van der Waals surface area contributed by atoms with Crippen LogP contribution in [-0.2, 0) is 4.79 Å². The molecule has 7 nitrogen and oxygen atoms in total. The van der Waals surface area contributed by atoms with Crippen LogP contribution < -0.4 is 15.5 Å². The summed E-state index contributed by atoms with van der Waals surface area (Å²) < 4.78 is 6.83. The van der Waals surface area contributed by atoms with Gasteiger partial charge in [-0.2, -0.15) is 5.10 Å². The molecule has 0 saturated carbocycles. The van der Waals surface area contributed by atoms with Gasteiger partial charge >= 0.3 is 5.97 Å². The second-order valence-electron chi connectivity index (χ2n) is 7.65. The van der Waals surface area contributed by atoms with Crippen molar-refractivity contribution in [3.8, 4) is 5.75 Å². The highest BCUT2D eigenvalue weighted by molar-refractivity contribution is 9.11. The Hall–Kier alpha value is -3.86. The van der Waals surface area contributed by atoms with Crippen LogP contribution in [0.3, 0.4) is 0 Å². The Labute approximate surface area is 239 Å². The van der Waals surface area contributed by atoms with Crippen molar-refractivity contribution in [3.63, 3.8) is 0 Å². The summed E-state index contributed by atoms with van der Waals surface area (Å²) in [7, 11) is 0. The maximum Gasteiger partial charge on any atom is 0.343 e. The van der Waals surface area contributed by atoms with Crippen molar-refractivity contribution in [3.05, 3.63) is 127 Å². The molecule has 0 bridgehead atoms. The minimum absolute atomic E-state index is 0.0182. The molecule has 0 unspecified atom stereocenters. The number of hydrogen-bond acceptors (Lipinski definition) is 6. The summed E-state index contributed by atoms with van der Waals surface area (Å²) in [5.74, 6) is -1.38. The van der Waals surface area contributed by atoms with Gasteiger partial charge in [0.15, 0.2) is 5.75 Å². The molecule has 0 aliphatic heterocycles. The zero-order valence-electron chi connectivity index (χ0n) is 19.6. The number of ether oxygens (including phenoxy) is 1. The van der Waals surface area contributed by atoms with E-state index in [4.69, 9.17) is 4.74 Å². The van der Waals surface area contributed by atoms with Crippen molar-refractivity contribution in [2.75, 3.05) is 0 Å². The van der Waals surface area contributed by atoms with Gasteiger partial charge in [-0.1, -0.05) is 58.4 Å². The van der Waals surface area contributed by atoms with E-state index in [1.807, 2.05) is 17.5 Å². The first kappa shape index (κ1) is 27.2. The molecule has 0 saturated heterocycles. The van der Waals surface area contributed by atoms with Crippen LogP contribution in [-0.4, -0.2) is 24.0 Å². The van der Waals surface area contributed by atoms with Crippen molar-refractivity contribution < 1.29 is 19.1 Å². The van der Waals surface area contributed by atoms with Crippen LogP contribution in [0, 0.1) is 0 Å². The Morgan fingerprint density at radius 2 is 1.55 bits per heavy atom. The molecule has 1 aromatic heterocycles. The second kappa shape index (κ2) is 13.1. The zero-order valence-corrected chi connectivity index (χ0v) is 23.5. The molecular formula is C28H19Br2N3O4S. The molecule has 2 amide bonds. The number of halogens is 2. The van der Waals surface area contributed by atoms with E-state index >= 15 is 0 Å². The van der Waals surface area contributed by atoms with Crippen LogP contribution in [0.2, 0.25) is 0 Å². The fourth-order valence-corrected chi connectivity index (χ4v) is 5.18. The molecule has 4 aromatic rings. The first-order valence-electron chi connectivity index (χ1n) is 11.1. The van der Waals surface area contributed by atoms with Gasteiger partial charge in [0, 0.05) is 20.5 Å². The Kier molecular flexibility index (Phi) is 9.36. The van der Waals surface area contributed by atoms with Gasteiger partial charge in [-0.15, -0.1) is 11.3 Å². The standard InChI is InChI=1S/C28H19Br2N3O4S/c29-21-14-20(25(23(30)15-21)37-28(36)19-10-5-2-6-11-19)17-31-33-27(35)24(16-22-12-7-13-38-22)32-26(34)18-8-3-1-4-9-18/h1-17H,(H,32,34)(H,33,35)/b24-16-,31-17+. The summed E-state index contributed by atoms with van der Waals surface area (Å²) in [6.07, 6.45) is 2.92. The molecule has 38 heavy (non-hydrogen) atoms. The van der Waals surface area contributed by atoms with Gasteiger partial charge in [0.2, 0.25) is 0 Å². The van der Waals surface area contributed by atoms with E-state index in [0.717, 1.165) is 4.88 Å².